The van der Waals surface area contributed by atoms with E-state index in [1.54, 1.807) is 48.5 Å². The summed E-state index contributed by atoms with van der Waals surface area (Å²) in [6, 6.07) is 16.3. The van der Waals surface area contributed by atoms with Gasteiger partial charge in [0.1, 0.15) is 0 Å². The molecule has 0 atom stereocenters. The third-order valence-corrected chi connectivity index (χ3v) is 4.60. The molecule has 3 aromatic rings. The van der Waals surface area contributed by atoms with Gasteiger partial charge in [-0.25, -0.2) is 0 Å². The van der Waals surface area contributed by atoms with Gasteiger partial charge in [0.15, 0.2) is 11.5 Å². The maximum Gasteiger partial charge on any atom is 0.255 e. The Morgan fingerprint density at radius 1 is 0.690 bits per heavy atom. The molecule has 0 unspecified atom stereocenters. The van der Waals surface area contributed by atoms with Crippen LogP contribution in [-0.4, -0.2) is 18.6 Å². The van der Waals surface area contributed by atoms with Crippen LogP contribution in [0.3, 0.4) is 0 Å². The Morgan fingerprint density at radius 2 is 1.28 bits per heavy atom. The average Bonchev–Trinajstić information content (AvgIpc) is 3.15. The minimum atomic E-state index is -0.355. The minimum Gasteiger partial charge on any atom is -0.454 e. The van der Waals surface area contributed by atoms with Crippen molar-refractivity contribution in [3.63, 3.8) is 0 Å². The van der Waals surface area contributed by atoms with Crippen molar-refractivity contribution in [1.29, 1.82) is 0 Å². The molecule has 0 radical (unpaired) electrons. The molecular formula is C21H14Cl2N2O4. The summed E-state index contributed by atoms with van der Waals surface area (Å²) in [6.07, 6.45) is 0. The number of carbonyl (C=O) groups is 2. The van der Waals surface area contributed by atoms with Gasteiger partial charge >= 0.3 is 0 Å². The summed E-state index contributed by atoms with van der Waals surface area (Å²) >= 11 is 11.9. The first-order valence-electron chi connectivity index (χ1n) is 8.56. The molecule has 1 heterocycles. The first-order chi connectivity index (χ1) is 14.0. The lowest BCUT2D eigenvalue weighted by Gasteiger charge is -2.09. The van der Waals surface area contributed by atoms with E-state index in [4.69, 9.17) is 32.7 Å². The Kier molecular flexibility index (Phi) is 5.29. The number of amides is 2. The van der Waals surface area contributed by atoms with E-state index < -0.39 is 0 Å². The summed E-state index contributed by atoms with van der Waals surface area (Å²) in [5.74, 6) is 0.585. The zero-order chi connectivity index (χ0) is 20.4. The lowest BCUT2D eigenvalue weighted by molar-refractivity contribution is 0.102. The van der Waals surface area contributed by atoms with E-state index in [-0.39, 0.29) is 18.6 Å². The molecule has 3 aromatic carbocycles. The molecule has 0 saturated heterocycles. The molecule has 0 spiro atoms. The lowest BCUT2D eigenvalue weighted by Crippen LogP contribution is -2.13. The first kappa shape index (κ1) is 19.1. The monoisotopic (exact) mass is 428 g/mol. The van der Waals surface area contributed by atoms with Crippen LogP contribution in [0.5, 0.6) is 11.5 Å². The number of anilines is 2. The van der Waals surface area contributed by atoms with E-state index in [1.165, 1.54) is 12.1 Å². The Hall–Kier alpha value is -3.22. The van der Waals surface area contributed by atoms with Gasteiger partial charge in [-0.2, -0.15) is 0 Å². The number of carbonyl (C=O) groups excluding carboxylic acids is 2. The Labute approximate surface area is 176 Å². The molecule has 146 valence electrons. The summed E-state index contributed by atoms with van der Waals surface area (Å²) in [5, 5.41) is 6.28. The van der Waals surface area contributed by atoms with E-state index in [0.29, 0.717) is 44.0 Å². The predicted molar refractivity (Wildman–Crippen MR) is 111 cm³/mol. The number of hydrogen-bond donors (Lipinski definition) is 2. The molecule has 8 heteroatoms. The van der Waals surface area contributed by atoms with Crippen LogP contribution in [0.25, 0.3) is 0 Å². The van der Waals surface area contributed by atoms with Gasteiger partial charge in [-0.3, -0.25) is 9.59 Å². The summed E-state index contributed by atoms with van der Waals surface area (Å²) in [5.41, 5.74) is 1.90. The zero-order valence-electron chi connectivity index (χ0n) is 14.9. The number of benzene rings is 3. The van der Waals surface area contributed by atoms with Crippen LogP contribution in [0, 0.1) is 0 Å². The Bertz CT molecular complexity index is 1080. The summed E-state index contributed by atoms with van der Waals surface area (Å²) < 4.78 is 10.5. The number of hydrogen-bond acceptors (Lipinski definition) is 4. The van der Waals surface area contributed by atoms with Crippen molar-refractivity contribution >= 4 is 46.4 Å². The standard InChI is InChI=1S/C21H14Cl2N2O4/c22-14-7-13(8-15(23)9-14)21(27)24-16-3-1-12(2-4-16)20(26)25-17-5-6-18-19(10-17)29-11-28-18/h1-10H,11H2,(H,24,27)(H,25,26). The van der Waals surface area contributed by atoms with E-state index in [1.807, 2.05) is 0 Å². The van der Waals surface area contributed by atoms with E-state index >= 15 is 0 Å². The maximum atomic E-state index is 12.4. The van der Waals surface area contributed by atoms with Gasteiger partial charge in [-0.05, 0) is 54.6 Å². The van der Waals surface area contributed by atoms with Crippen molar-refractivity contribution in [3.05, 3.63) is 81.8 Å². The topological polar surface area (TPSA) is 76.7 Å². The molecule has 2 N–H and O–H groups in total. The fourth-order valence-electron chi connectivity index (χ4n) is 2.77. The molecular weight excluding hydrogens is 415 g/mol. The number of halogens is 2. The molecule has 2 amide bonds. The lowest BCUT2D eigenvalue weighted by atomic mass is 10.1. The number of nitrogens with one attached hydrogen (secondary N) is 2. The van der Waals surface area contributed by atoms with Crippen molar-refractivity contribution in [2.45, 2.75) is 0 Å². The van der Waals surface area contributed by atoms with E-state index in [2.05, 4.69) is 10.6 Å². The quantitative estimate of drug-likeness (QED) is 0.596. The molecule has 1 aliphatic rings. The highest BCUT2D eigenvalue weighted by atomic mass is 35.5. The van der Waals surface area contributed by atoms with Gasteiger partial charge in [0.05, 0.1) is 0 Å². The zero-order valence-corrected chi connectivity index (χ0v) is 16.4. The minimum absolute atomic E-state index is 0.168. The molecule has 0 saturated carbocycles. The molecule has 1 aliphatic heterocycles. The second-order valence-electron chi connectivity index (χ2n) is 6.21. The molecule has 0 bridgehead atoms. The van der Waals surface area contributed by atoms with Crippen LogP contribution < -0.4 is 20.1 Å². The number of fused-ring (bicyclic) bond motifs is 1. The summed E-state index contributed by atoms with van der Waals surface area (Å²) in [7, 11) is 0. The van der Waals surface area contributed by atoms with Gasteiger partial charge in [0.25, 0.3) is 11.8 Å². The highest BCUT2D eigenvalue weighted by molar-refractivity contribution is 6.35. The van der Waals surface area contributed by atoms with Crippen molar-refractivity contribution in [3.8, 4) is 11.5 Å². The maximum absolute atomic E-state index is 12.4. The third-order valence-electron chi connectivity index (χ3n) is 4.16. The van der Waals surface area contributed by atoms with Crippen molar-refractivity contribution < 1.29 is 19.1 Å². The smallest absolute Gasteiger partial charge is 0.255 e. The Balaban J connectivity index is 1.42. The molecule has 0 fully saturated rings. The first-order valence-corrected chi connectivity index (χ1v) is 9.32. The van der Waals surface area contributed by atoms with Crippen molar-refractivity contribution in [1.82, 2.24) is 0 Å². The SMILES string of the molecule is O=C(Nc1ccc2c(c1)OCO2)c1ccc(NC(=O)c2cc(Cl)cc(Cl)c2)cc1. The molecule has 6 nitrogen and oxygen atoms in total. The second-order valence-corrected chi connectivity index (χ2v) is 7.08. The van der Waals surface area contributed by atoms with Crippen LogP contribution in [-0.2, 0) is 0 Å². The van der Waals surface area contributed by atoms with E-state index in [9.17, 15) is 9.59 Å². The summed E-state index contributed by atoms with van der Waals surface area (Å²) in [4.78, 5) is 24.8. The van der Waals surface area contributed by atoms with Gasteiger partial charge in [-0.15, -0.1) is 0 Å². The largest absolute Gasteiger partial charge is 0.454 e. The Morgan fingerprint density at radius 3 is 2.00 bits per heavy atom. The average molecular weight is 429 g/mol. The van der Waals surface area contributed by atoms with Gasteiger partial charge < -0.3 is 20.1 Å². The second kappa shape index (κ2) is 8.03. The molecule has 29 heavy (non-hydrogen) atoms. The predicted octanol–water partition coefficient (Wildman–Crippen LogP) is 5.23. The van der Waals surface area contributed by atoms with Crippen LogP contribution in [0.15, 0.2) is 60.7 Å². The number of rotatable bonds is 4. The summed E-state index contributed by atoms with van der Waals surface area (Å²) in [6.45, 7) is 0.168. The van der Waals surface area contributed by atoms with Crippen LogP contribution in [0.1, 0.15) is 20.7 Å². The van der Waals surface area contributed by atoms with Crippen molar-refractivity contribution in [2.75, 3.05) is 17.4 Å². The van der Waals surface area contributed by atoms with Gasteiger partial charge in [0, 0.05) is 38.6 Å². The van der Waals surface area contributed by atoms with Gasteiger partial charge in [-0.1, -0.05) is 23.2 Å². The third kappa shape index (κ3) is 4.45. The molecule has 0 aromatic heterocycles. The highest BCUT2D eigenvalue weighted by Gasteiger charge is 2.15. The highest BCUT2D eigenvalue weighted by Crippen LogP contribution is 2.34. The van der Waals surface area contributed by atoms with Gasteiger partial charge in [0.2, 0.25) is 6.79 Å². The van der Waals surface area contributed by atoms with Crippen LogP contribution in [0.2, 0.25) is 10.0 Å². The molecule has 4 rings (SSSR count). The van der Waals surface area contributed by atoms with E-state index in [0.717, 1.165) is 0 Å². The van der Waals surface area contributed by atoms with Crippen LogP contribution in [0.4, 0.5) is 11.4 Å². The fraction of sp³-hybridized carbons (Fsp3) is 0.0476. The van der Waals surface area contributed by atoms with Crippen molar-refractivity contribution in [2.24, 2.45) is 0 Å². The fourth-order valence-corrected chi connectivity index (χ4v) is 3.30. The normalized spacial score (nSPS) is 11.8. The van der Waals surface area contributed by atoms with Crippen LogP contribution >= 0.6 is 23.2 Å². The number of ether oxygens (including phenoxy) is 2. The molecule has 0 aliphatic carbocycles.